The Morgan fingerprint density at radius 3 is 1.36 bits per heavy atom. The van der Waals surface area contributed by atoms with Crippen LogP contribution in [0.25, 0.3) is 0 Å². The summed E-state index contributed by atoms with van der Waals surface area (Å²) in [7, 11) is -3.95. The van der Waals surface area contributed by atoms with Crippen LogP contribution < -0.4 is 0 Å². The van der Waals surface area contributed by atoms with Gasteiger partial charge in [0, 0.05) is 5.41 Å². The summed E-state index contributed by atoms with van der Waals surface area (Å²) in [5, 5.41) is 0. The second-order valence-electron chi connectivity index (χ2n) is 5.40. The van der Waals surface area contributed by atoms with Gasteiger partial charge in [-0.25, -0.2) is 0 Å². The van der Waals surface area contributed by atoms with Gasteiger partial charge < -0.3 is 18.4 Å². The molecule has 4 nitrogen and oxygen atoms in total. The highest BCUT2D eigenvalue weighted by molar-refractivity contribution is 6.50. The summed E-state index contributed by atoms with van der Waals surface area (Å²) in [6, 6.07) is 0. The molecular weight excluding hydrogens is 200 g/mol. The second-order valence-corrected chi connectivity index (χ2v) is 6.90. The fourth-order valence-electron chi connectivity index (χ4n) is 1.67. The number of hydrogen-bond acceptors (Lipinski definition) is 4. The molecule has 1 aliphatic heterocycles. The van der Waals surface area contributed by atoms with Crippen molar-refractivity contribution in [2.24, 2.45) is 5.41 Å². The Morgan fingerprint density at radius 1 is 0.786 bits per heavy atom. The van der Waals surface area contributed by atoms with Crippen molar-refractivity contribution in [3.63, 3.8) is 0 Å². The molecular formula is C9H20O4Si. The molecule has 0 aromatic heterocycles. The predicted octanol–water partition coefficient (Wildman–Crippen LogP) is 1.04. The van der Waals surface area contributed by atoms with Crippen molar-refractivity contribution in [1.82, 2.24) is 0 Å². The molecule has 1 aliphatic rings. The molecule has 1 saturated heterocycles. The zero-order chi connectivity index (χ0) is 11.4. The molecule has 0 radical (unpaired) electrons. The maximum absolute atomic E-state index is 9.53. The van der Waals surface area contributed by atoms with E-state index in [0.29, 0.717) is 0 Å². The zero-order valence-corrected chi connectivity index (χ0v) is 10.7. The predicted molar refractivity (Wildman–Crippen MR) is 54.3 cm³/mol. The maximum Gasteiger partial charge on any atom is 0.675 e. The van der Waals surface area contributed by atoms with Crippen LogP contribution in [0.15, 0.2) is 0 Å². The van der Waals surface area contributed by atoms with Crippen LogP contribution in [-0.4, -0.2) is 29.8 Å². The highest BCUT2D eigenvalue weighted by Gasteiger charge is 2.63. The van der Waals surface area contributed by atoms with Crippen molar-refractivity contribution in [3.8, 4) is 0 Å². The minimum atomic E-state index is -3.95. The molecule has 0 aromatic rings. The smallest absolute Gasteiger partial charge is 0.367 e. The number of hydrogen-bond donors (Lipinski definition) is 2. The fourth-order valence-corrected chi connectivity index (χ4v) is 3.55. The molecule has 0 saturated carbocycles. The number of rotatable bonds is 0. The first kappa shape index (κ1) is 12.1. The molecule has 0 amide bonds. The van der Waals surface area contributed by atoms with Gasteiger partial charge in [0.2, 0.25) is 0 Å². The summed E-state index contributed by atoms with van der Waals surface area (Å²) in [4.78, 5) is 19.1. The largest absolute Gasteiger partial charge is 0.675 e. The van der Waals surface area contributed by atoms with Crippen molar-refractivity contribution in [3.05, 3.63) is 0 Å². The van der Waals surface area contributed by atoms with Gasteiger partial charge in [-0.2, -0.15) is 0 Å². The first-order valence-corrected chi connectivity index (χ1v) is 6.47. The normalized spacial score (nSPS) is 32.6. The Hall–Kier alpha value is 0.0569. The lowest BCUT2D eigenvalue weighted by Gasteiger charge is -2.57. The van der Waals surface area contributed by atoms with Gasteiger partial charge in [0.05, 0.1) is 11.2 Å². The fraction of sp³-hybridized carbons (Fsp3) is 1.00. The van der Waals surface area contributed by atoms with E-state index < -0.39 is 20.3 Å². The van der Waals surface area contributed by atoms with E-state index in [-0.39, 0.29) is 5.41 Å². The first-order chi connectivity index (χ1) is 5.91. The third kappa shape index (κ3) is 1.63. The second kappa shape index (κ2) is 2.80. The lowest BCUT2D eigenvalue weighted by atomic mass is 9.66. The van der Waals surface area contributed by atoms with Crippen LogP contribution in [0.2, 0.25) is 0 Å². The van der Waals surface area contributed by atoms with Gasteiger partial charge in [0.25, 0.3) is 0 Å². The average Bonchev–Trinajstić information content (AvgIpc) is 1.77. The van der Waals surface area contributed by atoms with Crippen LogP contribution in [0.5, 0.6) is 0 Å². The Labute approximate surface area is 86.3 Å². The van der Waals surface area contributed by atoms with Gasteiger partial charge >= 0.3 is 9.05 Å². The molecule has 2 N–H and O–H groups in total. The minimum Gasteiger partial charge on any atom is -0.367 e. The van der Waals surface area contributed by atoms with Crippen molar-refractivity contribution in [2.45, 2.75) is 52.7 Å². The molecule has 14 heavy (non-hydrogen) atoms. The topological polar surface area (TPSA) is 58.9 Å². The summed E-state index contributed by atoms with van der Waals surface area (Å²) in [6.45, 7) is 11.4. The monoisotopic (exact) mass is 220 g/mol. The molecule has 0 spiro atoms. The highest BCUT2D eigenvalue weighted by Crippen LogP contribution is 2.50. The van der Waals surface area contributed by atoms with E-state index in [9.17, 15) is 9.59 Å². The van der Waals surface area contributed by atoms with Gasteiger partial charge in [-0.3, -0.25) is 0 Å². The Bertz CT molecular complexity index is 223. The van der Waals surface area contributed by atoms with Crippen LogP contribution >= 0.6 is 0 Å². The van der Waals surface area contributed by atoms with E-state index in [1.54, 1.807) is 0 Å². The van der Waals surface area contributed by atoms with E-state index in [1.807, 2.05) is 41.5 Å². The van der Waals surface area contributed by atoms with E-state index in [4.69, 9.17) is 8.85 Å². The molecule has 1 heterocycles. The van der Waals surface area contributed by atoms with E-state index >= 15 is 0 Å². The summed E-state index contributed by atoms with van der Waals surface area (Å²) in [6.07, 6.45) is 0. The van der Waals surface area contributed by atoms with Gasteiger partial charge in [-0.15, -0.1) is 0 Å². The molecule has 0 aromatic carbocycles. The zero-order valence-electron chi connectivity index (χ0n) is 9.71. The highest BCUT2D eigenvalue weighted by atomic mass is 28.4. The van der Waals surface area contributed by atoms with Gasteiger partial charge in [0.15, 0.2) is 0 Å². The molecule has 84 valence electrons. The third-order valence-corrected chi connectivity index (χ3v) is 5.34. The van der Waals surface area contributed by atoms with Crippen LogP contribution in [0.1, 0.15) is 41.5 Å². The Balaban J connectivity index is 3.13. The van der Waals surface area contributed by atoms with Crippen LogP contribution in [0, 0.1) is 5.41 Å². The Kier molecular flexibility index (Phi) is 2.42. The summed E-state index contributed by atoms with van der Waals surface area (Å²) in [5.74, 6) is 0. The van der Waals surface area contributed by atoms with Gasteiger partial charge in [-0.05, 0) is 27.7 Å². The molecule has 0 aliphatic carbocycles. The summed E-state index contributed by atoms with van der Waals surface area (Å²) >= 11 is 0. The minimum absolute atomic E-state index is 0.304. The van der Waals surface area contributed by atoms with E-state index in [0.717, 1.165) is 0 Å². The van der Waals surface area contributed by atoms with Crippen molar-refractivity contribution in [2.75, 3.05) is 0 Å². The lowest BCUT2D eigenvalue weighted by Crippen LogP contribution is -2.69. The Morgan fingerprint density at radius 2 is 1.07 bits per heavy atom. The first-order valence-electron chi connectivity index (χ1n) is 4.76. The maximum atomic E-state index is 9.53. The van der Waals surface area contributed by atoms with Crippen LogP contribution in [-0.2, 0) is 8.85 Å². The van der Waals surface area contributed by atoms with Crippen molar-refractivity contribution < 1.29 is 18.4 Å². The molecule has 1 fully saturated rings. The van der Waals surface area contributed by atoms with Gasteiger partial charge in [-0.1, -0.05) is 13.8 Å². The molecule has 0 unspecified atom stereocenters. The summed E-state index contributed by atoms with van der Waals surface area (Å²) in [5.41, 5.74) is -1.54. The van der Waals surface area contributed by atoms with Crippen molar-refractivity contribution >= 4 is 9.05 Å². The average molecular weight is 220 g/mol. The third-order valence-electron chi connectivity index (χ3n) is 3.79. The van der Waals surface area contributed by atoms with Crippen LogP contribution in [0.4, 0.5) is 0 Å². The quantitative estimate of drug-likeness (QED) is 0.599. The lowest BCUT2D eigenvalue weighted by molar-refractivity contribution is -0.232. The summed E-state index contributed by atoms with van der Waals surface area (Å²) < 4.78 is 10.5. The molecule has 0 bridgehead atoms. The molecule has 5 heteroatoms. The molecule has 0 atom stereocenters. The van der Waals surface area contributed by atoms with E-state index in [2.05, 4.69) is 0 Å². The van der Waals surface area contributed by atoms with Crippen molar-refractivity contribution in [1.29, 1.82) is 0 Å². The van der Waals surface area contributed by atoms with E-state index in [1.165, 1.54) is 0 Å². The van der Waals surface area contributed by atoms with Crippen LogP contribution in [0.3, 0.4) is 0 Å². The van der Waals surface area contributed by atoms with Gasteiger partial charge in [0.1, 0.15) is 0 Å². The molecule has 1 rings (SSSR count). The SMILES string of the molecule is CC1(C)O[Si](O)(O)OC(C)(C)C1(C)C. The standard InChI is InChI=1S/C9H20O4Si/c1-7(2)8(3,4)12-14(10,11)13-9(7,5)6/h10-11H,1-6H3.